The second kappa shape index (κ2) is 7.43. The SMILES string of the molecule is CCC(NS(=O)(=O)CCN1CCNCC1)C(C)C. The second-order valence-corrected chi connectivity index (χ2v) is 7.16. The zero-order chi connectivity index (χ0) is 13.6. The Labute approximate surface area is 111 Å². The molecule has 0 amide bonds. The second-order valence-electron chi connectivity index (χ2n) is 5.29. The van der Waals surface area contributed by atoms with Crippen molar-refractivity contribution in [3.8, 4) is 0 Å². The molecule has 0 spiro atoms. The average molecular weight is 277 g/mol. The largest absolute Gasteiger partial charge is 0.314 e. The fourth-order valence-corrected chi connectivity index (χ4v) is 3.68. The van der Waals surface area contributed by atoms with Crippen LogP contribution >= 0.6 is 0 Å². The van der Waals surface area contributed by atoms with Crippen molar-refractivity contribution in [2.45, 2.75) is 33.2 Å². The van der Waals surface area contributed by atoms with Crippen LogP contribution in [0.25, 0.3) is 0 Å². The van der Waals surface area contributed by atoms with Crippen LogP contribution in [-0.2, 0) is 10.0 Å². The van der Waals surface area contributed by atoms with Gasteiger partial charge in [0.25, 0.3) is 0 Å². The van der Waals surface area contributed by atoms with Crippen LogP contribution < -0.4 is 10.0 Å². The van der Waals surface area contributed by atoms with E-state index in [-0.39, 0.29) is 11.8 Å². The van der Waals surface area contributed by atoms with Crippen molar-refractivity contribution in [3.05, 3.63) is 0 Å². The molecule has 1 heterocycles. The minimum Gasteiger partial charge on any atom is -0.314 e. The molecule has 1 aliphatic rings. The van der Waals surface area contributed by atoms with E-state index in [9.17, 15) is 8.42 Å². The first kappa shape index (κ1) is 15.9. The van der Waals surface area contributed by atoms with Crippen LogP contribution in [0, 0.1) is 5.92 Å². The standard InChI is InChI=1S/C12H27N3O2S/c1-4-12(11(2)3)14-18(16,17)10-9-15-7-5-13-6-8-15/h11-14H,4-10H2,1-3H3. The molecule has 1 atom stereocenters. The lowest BCUT2D eigenvalue weighted by atomic mass is 10.0. The molecule has 6 heteroatoms. The maximum Gasteiger partial charge on any atom is 0.213 e. The fraction of sp³-hybridized carbons (Fsp3) is 1.00. The zero-order valence-electron chi connectivity index (χ0n) is 11.8. The zero-order valence-corrected chi connectivity index (χ0v) is 12.6. The lowest BCUT2D eigenvalue weighted by molar-refractivity contribution is 0.253. The molecular formula is C12H27N3O2S. The molecule has 1 rings (SSSR count). The van der Waals surface area contributed by atoms with Crippen LogP contribution in [0.1, 0.15) is 27.2 Å². The topological polar surface area (TPSA) is 61.4 Å². The molecule has 0 saturated carbocycles. The summed E-state index contributed by atoms with van der Waals surface area (Å²) in [4.78, 5) is 2.20. The van der Waals surface area contributed by atoms with Gasteiger partial charge in [0.2, 0.25) is 10.0 Å². The Hall–Kier alpha value is -0.170. The van der Waals surface area contributed by atoms with Gasteiger partial charge in [-0.1, -0.05) is 20.8 Å². The maximum absolute atomic E-state index is 12.0. The maximum atomic E-state index is 12.0. The molecule has 108 valence electrons. The normalized spacial score (nSPS) is 20.2. The quantitative estimate of drug-likeness (QED) is 0.700. The molecule has 1 saturated heterocycles. The highest BCUT2D eigenvalue weighted by molar-refractivity contribution is 7.89. The predicted octanol–water partition coefficient (Wildman–Crippen LogP) is 0.246. The Bertz CT molecular complexity index is 324. The van der Waals surface area contributed by atoms with E-state index in [4.69, 9.17) is 0 Å². The van der Waals surface area contributed by atoms with Gasteiger partial charge in [0.1, 0.15) is 0 Å². The number of nitrogens with one attached hydrogen (secondary N) is 2. The summed E-state index contributed by atoms with van der Waals surface area (Å²) in [5.41, 5.74) is 0. The van der Waals surface area contributed by atoms with E-state index >= 15 is 0 Å². The van der Waals surface area contributed by atoms with Gasteiger partial charge >= 0.3 is 0 Å². The van der Waals surface area contributed by atoms with Gasteiger partial charge in [0, 0.05) is 38.8 Å². The monoisotopic (exact) mass is 277 g/mol. The number of hydrogen-bond acceptors (Lipinski definition) is 4. The minimum absolute atomic E-state index is 0.0537. The summed E-state index contributed by atoms with van der Waals surface area (Å²) >= 11 is 0. The molecule has 1 aliphatic heterocycles. The first-order valence-electron chi connectivity index (χ1n) is 6.87. The van der Waals surface area contributed by atoms with Crippen molar-refractivity contribution in [2.75, 3.05) is 38.5 Å². The highest BCUT2D eigenvalue weighted by Gasteiger charge is 2.20. The third-order valence-electron chi connectivity index (χ3n) is 3.46. The van der Waals surface area contributed by atoms with Gasteiger partial charge in [-0.05, 0) is 12.3 Å². The molecular weight excluding hydrogens is 250 g/mol. The number of rotatable bonds is 7. The third kappa shape index (κ3) is 5.65. The van der Waals surface area contributed by atoms with E-state index in [1.54, 1.807) is 0 Å². The summed E-state index contributed by atoms with van der Waals surface area (Å²) < 4.78 is 26.8. The molecule has 0 aromatic carbocycles. The highest BCUT2D eigenvalue weighted by Crippen LogP contribution is 2.07. The van der Waals surface area contributed by atoms with Gasteiger partial charge in [0.05, 0.1) is 5.75 Å². The minimum atomic E-state index is -3.15. The summed E-state index contributed by atoms with van der Waals surface area (Å²) in [6.07, 6.45) is 0.838. The van der Waals surface area contributed by atoms with Gasteiger partial charge in [-0.3, -0.25) is 4.90 Å². The summed E-state index contributed by atoms with van der Waals surface area (Å²) in [7, 11) is -3.15. The molecule has 5 nitrogen and oxygen atoms in total. The molecule has 0 aromatic heterocycles. The average Bonchev–Trinajstić information content (AvgIpc) is 2.35. The van der Waals surface area contributed by atoms with Crippen LogP contribution in [0.3, 0.4) is 0 Å². The third-order valence-corrected chi connectivity index (χ3v) is 4.84. The molecule has 0 aromatic rings. The fourth-order valence-electron chi connectivity index (χ4n) is 2.16. The van der Waals surface area contributed by atoms with Gasteiger partial charge in [-0.2, -0.15) is 0 Å². The Morgan fingerprint density at radius 1 is 1.28 bits per heavy atom. The Balaban J connectivity index is 2.38. The Morgan fingerprint density at radius 2 is 1.89 bits per heavy atom. The van der Waals surface area contributed by atoms with Crippen molar-refractivity contribution >= 4 is 10.0 Å². The highest BCUT2D eigenvalue weighted by atomic mass is 32.2. The Kier molecular flexibility index (Phi) is 6.55. The van der Waals surface area contributed by atoms with Crippen LogP contribution in [0.4, 0.5) is 0 Å². The lowest BCUT2D eigenvalue weighted by Crippen LogP contribution is -2.47. The number of hydrogen-bond donors (Lipinski definition) is 2. The lowest BCUT2D eigenvalue weighted by Gasteiger charge is -2.27. The summed E-state index contributed by atoms with van der Waals surface area (Å²) in [6, 6.07) is 0.0537. The number of piperazine rings is 1. The molecule has 0 bridgehead atoms. The summed E-state index contributed by atoms with van der Waals surface area (Å²) in [6.45, 7) is 10.5. The van der Waals surface area contributed by atoms with Gasteiger partial charge in [0.15, 0.2) is 0 Å². The smallest absolute Gasteiger partial charge is 0.213 e. The molecule has 1 unspecified atom stereocenters. The molecule has 0 aliphatic carbocycles. The molecule has 18 heavy (non-hydrogen) atoms. The van der Waals surface area contributed by atoms with E-state index < -0.39 is 10.0 Å². The van der Waals surface area contributed by atoms with E-state index in [1.807, 2.05) is 20.8 Å². The van der Waals surface area contributed by atoms with Gasteiger partial charge < -0.3 is 5.32 Å². The summed E-state index contributed by atoms with van der Waals surface area (Å²) in [5, 5.41) is 3.26. The van der Waals surface area contributed by atoms with Crippen LogP contribution in [0.5, 0.6) is 0 Å². The van der Waals surface area contributed by atoms with E-state index in [2.05, 4.69) is 14.9 Å². The van der Waals surface area contributed by atoms with E-state index in [0.717, 1.165) is 32.6 Å². The van der Waals surface area contributed by atoms with Gasteiger partial charge in [-0.25, -0.2) is 13.1 Å². The van der Waals surface area contributed by atoms with Crippen LogP contribution in [0.15, 0.2) is 0 Å². The summed E-state index contributed by atoms with van der Waals surface area (Å²) in [5.74, 6) is 0.542. The number of sulfonamides is 1. The first-order valence-corrected chi connectivity index (χ1v) is 8.53. The van der Waals surface area contributed by atoms with Crippen molar-refractivity contribution in [3.63, 3.8) is 0 Å². The molecule has 1 fully saturated rings. The van der Waals surface area contributed by atoms with Crippen molar-refractivity contribution in [1.82, 2.24) is 14.9 Å². The molecule has 2 N–H and O–H groups in total. The number of nitrogens with zero attached hydrogens (tertiary/aromatic N) is 1. The van der Waals surface area contributed by atoms with E-state index in [0.29, 0.717) is 12.5 Å². The molecule has 0 radical (unpaired) electrons. The van der Waals surface area contributed by atoms with Crippen molar-refractivity contribution < 1.29 is 8.42 Å². The van der Waals surface area contributed by atoms with Gasteiger partial charge in [-0.15, -0.1) is 0 Å². The Morgan fingerprint density at radius 3 is 2.39 bits per heavy atom. The first-order chi connectivity index (χ1) is 8.44. The van der Waals surface area contributed by atoms with Crippen LogP contribution in [-0.4, -0.2) is 57.8 Å². The van der Waals surface area contributed by atoms with Crippen LogP contribution in [0.2, 0.25) is 0 Å². The van der Waals surface area contributed by atoms with Crippen molar-refractivity contribution in [2.24, 2.45) is 5.92 Å². The van der Waals surface area contributed by atoms with E-state index in [1.165, 1.54) is 0 Å². The predicted molar refractivity (Wildman–Crippen MR) is 75.1 cm³/mol. The van der Waals surface area contributed by atoms with Crippen molar-refractivity contribution in [1.29, 1.82) is 0 Å².